The molecule has 26 heavy (non-hydrogen) atoms. The Hall–Kier alpha value is -2.92. The molecule has 2 aromatic carbocycles. The van der Waals surface area contributed by atoms with Crippen LogP contribution < -0.4 is 10.2 Å². The summed E-state index contributed by atoms with van der Waals surface area (Å²) in [6.45, 7) is 0.684. The van der Waals surface area contributed by atoms with Crippen LogP contribution in [0.3, 0.4) is 0 Å². The van der Waals surface area contributed by atoms with Crippen LogP contribution in [-0.2, 0) is 6.42 Å². The number of nitrogens with zero attached hydrogens (tertiary/aromatic N) is 1. The van der Waals surface area contributed by atoms with E-state index in [9.17, 15) is 9.59 Å². The Balaban J connectivity index is 1.62. The molecule has 0 unspecified atom stereocenters. The fourth-order valence-corrected chi connectivity index (χ4v) is 3.82. The van der Waals surface area contributed by atoms with E-state index in [4.69, 9.17) is 0 Å². The zero-order chi connectivity index (χ0) is 17.9. The monoisotopic (exact) mass is 362 g/mol. The SMILES string of the molecule is O=C(Nc1ccc2c(c1)N(C(=O)c1ccccc1)CCC2)c1cccs1. The molecule has 0 fully saturated rings. The largest absolute Gasteiger partial charge is 0.321 e. The molecule has 130 valence electrons. The van der Waals surface area contributed by atoms with Gasteiger partial charge in [0, 0.05) is 23.5 Å². The van der Waals surface area contributed by atoms with Crippen LogP contribution in [0.15, 0.2) is 66.0 Å². The average Bonchev–Trinajstić information content (AvgIpc) is 3.23. The first-order valence-electron chi connectivity index (χ1n) is 8.57. The molecule has 4 nitrogen and oxygen atoms in total. The number of aryl methyl sites for hydroxylation is 1. The van der Waals surface area contributed by atoms with Crippen molar-refractivity contribution in [3.63, 3.8) is 0 Å². The van der Waals surface area contributed by atoms with Gasteiger partial charge in [0.1, 0.15) is 0 Å². The Morgan fingerprint density at radius 1 is 1.00 bits per heavy atom. The van der Waals surface area contributed by atoms with Crippen LogP contribution in [0.2, 0.25) is 0 Å². The summed E-state index contributed by atoms with van der Waals surface area (Å²) in [5, 5.41) is 4.80. The highest BCUT2D eigenvalue weighted by atomic mass is 32.1. The van der Waals surface area contributed by atoms with Crippen LogP contribution in [0.5, 0.6) is 0 Å². The van der Waals surface area contributed by atoms with Gasteiger partial charge in [-0.25, -0.2) is 0 Å². The second-order valence-corrected chi connectivity index (χ2v) is 7.15. The van der Waals surface area contributed by atoms with Gasteiger partial charge in [0.2, 0.25) is 0 Å². The van der Waals surface area contributed by atoms with Crippen molar-refractivity contribution in [2.75, 3.05) is 16.8 Å². The predicted octanol–water partition coefficient (Wildman–Crippen LogP) is 4.59. The molecule has 1 aliphatic rings. The fraction of sp³-hybridized carbons (Fsp3) is 0.143. The smallest absolute Gasteiger partial charge is 0.265 e. The summed E-state index contributed by atoms with van der Waals surface area (Å²) < 4.78 is 0. The Morgan fingerprint density at radius 2 is 1.85 bits per heavy atom. The maximum Gasteiger partial charge on any atom is 0.265 e. The molecule has 0 bridgehead atoms. The van der Waals surface area contributed by atoms with Gasteiger partial charge in [0.25, 0.3) is 11.8 Å². The lowest BCUT2D eigenvalue weighted by atomic mass is 10.00. The number of carbonyl (C=O) groups is 2. The van der Waals surface area contributed by atoms with Crippen LogP contribution in [0.1, 0.15) is 32.0 Å². The van der Waals surface area contributed by atoms with E-state index in [-0.39, 0.29) is 11.8 Å². The first-order chi connectivity index (χ1) is 12.7. The standard InChI is InChI=1S/C21H18N2O2S/c24-20(19-9-5-13-26-19)22-17-11-10-15-8-4-12-23(18(15)14-17)21(25)16-6-2-1-3-7-16/h1-3,5-7,9-11,13-14H,4,8,12H2,(H,22,24). The number of hydrogen-bond acceptors (Lipinski definition) is 3. The van der Waals surface area contributed by atoms with Crippen molar-refractivity contribution in [1.82, 2.24) is 0 Å². The van der Waals surface area contributed by atoms with Crippen LogP contribution in [-0.4, -0.2) is 18.4 Å². The Kier molecular flexibility index (Phi) is 4.54. The molecule has 5 heteroatoms. The van der Waals surface area contributed by atoms with Crippen molar-refractivity contribution in [1.29, 1.82) is 0 Å². The van der Waals surface area contributed by atoms with E-state index in [2.05, 4.69) is 5.32 Å². The van der Waals surface area contributed by atoms with Crippen molar-refractivity contribution in [3.8, 4) is 0 Å². The summed E-state index contributed by atoms with van der Waals surface area (Å²) in [4.78, 5) is 27.7. The van der Waals surface area contributed by atoms with Gasteiger partial charge < -0.3 is 10.2 Å². The number of hydrogen-bond donors (Lipinski definition) is 1. The second-order valence-electron chi connectivity index (χ2n) is 6.20. The molecule has 2 heterocycles. The molecule has 1 aromatic heterocycles. The van der Waals surface area contributed by atoms with Gasteiger partial charge in [-0.1, -0.05) is 30.3 Å². The van der Waals surface area contributed by atoms with Crippen molar-refractivity contribution < 1.29 is 9.59 Å². The molecule has 3 aromatic rings. The van der Waals surface area contributed by atoms with Gasteiger partial charge in [0.05, 0.1) is 4.88 Å². The number of carbonyl (C=O) groups excluding carboxylic acids is 2. The lowest BCUT2D eigenvalue weighted by molar-refractivity contribution is 0.0984. The molecule has 0 saturated heterocycles. The third kappa shape index (κ3) is 3.26. The van der Waals surface area contributed by atoms with Crippen molar-refractivity contribution >= 4 is 34.5 Å². The van der Waals surface area contributed by atoms with E-state index in [1.54, 1.807) is 6.07 Å². The fourth-order valence-electron chi connectivity index (χ4n) is 3.20. The lowest BCUT2D eigenvalue weighted by Gasteiger charge is -2.30. The van der Waals surface area contributed by atoms with Crippen LogP contribution >= 0.6 is 11.3 Å². The first-order valence-corrected chi connectivity index (χ1v) is 9.45. The molecule has 0 spiro atoms. The molecule has 0 aliphatic carbocycles. The topological polar surface area (TPSA) is 49.4 Å². The number of nitrogens with one attached hydrogen (secondary N) is 1. The summed E-state index contributed by atoms with van der Waals surface area (Å²) in [5.41, 5.74) is 3.40. The third-order valence-electron chi connectivity index (χ3n) is 4.47. The second kappa shape index (κ2) is 7.14. The summed E-state index contributed by atoms with van der Waals surface area (Å²) in [6.07, 6.45) is 1.87. The highest BCUT2D eigenvalue weighted by molar-refractivity contribution is 7.12. The first kappa shape index (κ1) is 16.5. The minimum atomic E-state index is -0.128. The van der Waals surface area contributed by atoms with E-state index in [0.29, 0.717) is 22.7 Å². The van der Waals surface area contributed by atoms with Crippen molar-refractivity contribution in [2.24, 2.45) is 0 Å². The summed E-state index contributed by atoms with van der Waals surface area (Å²) in [7, 11) is 0. The zero-order valence-corrected chi connectivity index (χ0v) is 15.0. The van der Waals surface area contributed by atoms with Gasteiger partial charge >= 0.3 is 0 Å². The number of anilines is 2. The number of fused-ring (bicyclic) bond motifs is 1. The average molecular weight is 362 g/mol. The van der Waals surface area contributed by atoms with E-state index >= 15 is 0 Å². The number of benzene rings is 2. The van der Waals surface area contributed by atoms with Crippen molar-refractivity contribution in [3.05, 3.63) is 82.0 Å². The minimum absolute atomic E-state index is 0.00622. The number of rotatable bonds is 3. The molecule has 4 rings (SSSR count). The highest BCUT2D eigenvalue weighted by Crippen LogP contribution is 2.31. The maximum absolute atomic E-state index is 12.9. The molecule has 0 radical (unpaired) electrons. The molecule has 0 saturated carbocycles. The molecule has 1 N–H and O–H groups in total. The Labute approximate surface area is 156 Å². The minimum Gasteiger partial charge on any atom is -0.321 e. The lowest BCUT2D eigenvalue weighted by Crippen LogP contribution is -2.35. The molecule has 2 amide bonds. The highest BCUT2D eigenvalue weighted by Gasteiger charge is 2.24. The molecule has 1 aliphatic heterocycles. The van der Waals surface area contributed by atoms with Gasteiger partial charge in [-0.05, 0) is 54.1 Å². The van der Waals surface area contributed by atoms with Gasteiger partial charge in [-0.3, -0.25) is 9.59 Å². The van der Waals surface area contributed by atoms with Crippen LogP contribution in [0.4, 0.5) is 11.4 Å². The van der Waals surface area contributed by atoms with Gasteiger partial charge in [-0.15, -0.1) is 11.3 Å². The molecular weight excluding hydrogens is 344 g/mol. The Bertz CT molecular complexity index is 936. The van der Waals surface area contributed by atoms with E-state index < -0.39 is 0 Å². The zero-order valence-electron chi connectivity index (χ0n) is 14.1. The summed E-state index contributed by atoms with van der Waals surface area (Å²) in [5.74, 6) is -0.134. The van der Waals surface area contributed by atoms with Crippen LogP contribution in [0.25, 0.3) is 0 Å². The van der Waals surface area contributed by atoms with Gasteiger partial charge in [0.15, 0.2) is 0 Å². The number of thiophene rings is 1. The van der Waals surface area contributed by atoms with Crippen molar-refractivity contribution in [2.45, 2.75) is 12.8 Å². The Morgan fingerprint density at radius 3 is 2.62 bits per heavy atom. The normalized spacial score (nSPS) is 13.2. The predicted molar refractivity (Wildman–Crippen MR) is 105 cm³/mol. The third-order valence-corrected chi connectivity index (χ3v) is 5.34. The van der Waals surface area contributed by atoms with E-state index in [1.165, 1.54) is 11.3 Å². The summed E-state index contributed by atoms with van der Waals surface area (Å²) in [6, 6.07) is 18.8. The maximum atomic E-state index is 12.9. The number of amides is 2. The molecule has 0 atom stereocenters. The van der Waals surface area contributed by atoms with Gasteiger partial charge in [-0.2, -0.15) is 0 Å². The molecular formula is C21H18N2O2S. The van der Waals surface area contributed by atoms with E-state index in [1.807, 2.05) is 64.9 Å². The van der Waals surface area contributed by atoms with E-state index in [0.717, 1.165) is 24.1 Å². The quantitative estimate of drug-likeness (QED) is 0.741. The summed E-state index contributed by atoms with van der Waals surface area (Å²) >= 11 is 1.41. The van der Waals surface area contributed by atoms with Crippen LogP contribution in [0, 0.1) is 0 Å².